The summed E-state index contributed by atoms with van der Waals surface area (Å²) < 4.78 is 26.2. The lowest BCUT2D eigenvalue weighted by atomic mass is 9.72. The summed E-state index contributed by atoms with van der Waals surface area (Å²) in [6.07, 6.45) is 1.42. The molecule has 0 spiro atoms. The van der Waals surface area contributed by atoms with Gasteiger partial charge in [0.25, 0.3) is 11.8 Å². The average molecular weight is 643 g/mol. The maximum atomic E-state index is 14.1. The molecule has 0 aromatic heterocycles. The average Bonchev–Trinajstić information content (AvgIpc) is 3.39. The lowest BCUT2D eigenvalue weighted by Gasteiger charge is -2.33. The zero-order valence-electron chi connectivity index (χ0n) is 29.7. The highest BCUT2D eigenvalue weighted by atomic mass is 16.7. The Labute approximate surface area is 282 Å². The van der Waals surface area contributed by atoms with Crippen LogP contribution in [0.15, 0.2) is 48.5 Å². The summed E-state index contributed by atoms with van der Waals surface area (Å²) in [5, 5.41) is 7.77. The highest BCUT2D eigenvalue weighted by Crippen LogP contribution is 2.45. The Morgan fingerprint density at radius 3 is 1.33 bits per heavy atom. The number of hydrogen-bond donors (Lipinski definition) is 0. The van der Waals surface area contributed by atoms with Crippen LogP contribution in [-0.4, -0.2) is 59.4 Å². The second kappa shape index (κ2) is 10.0. The molecule has 3 heterocycles. The summed E-state index contributed by atoms with van der Waals surface area (Å²) in [6.45, 7) is 20.5. The molecule has 7 nitrogen and oxygen atoms in total. The fourth-order valence-electron chi connectivity index (χ4n) is 7.86. The van der Waals surface area contributed by atoms with Crippen molar-refractivity contribution in [1.29, 1.82) is 0 Å². The first-order valence-electron chi connectivity index (χ1n) is 17.3. The lowest BCUT2D eigenvalue weighted by Crippen LogP contribution is -2.46. The molecule has 48 heavy (non-hydrogen) atoms. The van der Waals surface area contributed by atoms with E-state index in [4.69, 9.17) is 18.6 Å². The fraction of sp³-hybridized carbons (Fsp3) is 0.436. The van der Waals surface area contributed by atoms with Gasteiger partial charge in [-0.3, -0.25) is 14.5 Å². The molecule has 5 aromatic rings. The van der Waals surface area contributed by atoms with E-state index in [0.717, 1.165) is 54.0 Å². The van der Waals surface area contributed by atoms with Gasteiger partial charge in [-0.05, 0) is 129 Å². The van der Waals surface area contributed by atoms with Crippen molar-refractivity contribution in [3.63, 3.8) is 0 Å². The number of amides is 2. The zero-order chi connectivity index (χ0) is 34.3. The van der Waals surface area contributed by atoms with Gasteiger partial charge >= 0.3 is 14.2 Å². The summed E-state index contributed by atoms with van der Waals surface area (Å²) >= 11 is 0. The summed E-state index contributed by atoms with van der Waals surface area (Å²) in [7, 11) is -1.14. The maximum Gasteiger partial charge on any atom is 0.494 e. The minimum atomic E-state index is -0.572. The monoisotopic (exact) mass is 643 g/mol. The maximum absolute atomic E-state index is 14.1. The Morgan fingerprint density at radius 2 is 0.958 bits per heavy atom. The van der Waals surface area contributed by atoms with E-state index in [1.807, 2.05) is 26.0 Å². The third-order valence-electron chi connectivity index (χ3n) is 12.1. The van der Waals surface area contributed by atoms with E-state index in [9.17, 15) is 9.59 Å². The third-order valence-corrected chi connectivity index (χ3v) is 12.1. The predicted octanol–water partition coefficient (Wildman–Crippen LogP) is 7.12. The highest BCUT2D eigenvalue weighted by molar-refractivity contribution is 6.64. The molecule has 0 unspecified atom stereocenters. The van der Waals surface area contributed by atoms with E-state index in [2.05, 4.69) is 91.8 Å². The van der Waals surface area contributed by atoms with Gasteiger partial charge in [-0.15, -0.1) is 0 Å². The largest absolute Gasteiger partial charge is 0.494 e. The Balaban J connectivity index is 1.44. The molecule has 0 N–H and O–H groups in total. The van der Waals surface area contributed by atoms with Crippen LogP contribution in [0.25, 0.3) is 43.1 Å². The van der Waals surface area contributed by atoms with Crippen LogP contribution in [0.5, 0.6) is 0 Å². The normalized spacial score (nSPS) is 21.4. The van der Waals surface area contributed by atoms with Crippen LogP contribution >= 0.6 is 0 Å². The van der Waals surface area contributed by atoms with Crippen molar-refractivity contribution in [3.05, 3.63) is 59.7 Å². The van der Waals surface area contributed by atoms with Gasteiger partial charge in [-0.25, -0.2) is 0 Å². The lowest BCUT2D eigenvalue weighted by molar-refractivity contribution is 0.00578. The molecule has 3 aliphatic rings. The molecule has 0 bridgehead atoms. The summed E-state index contributed by atoms with van der Waals surface area (Å²) in [4.78, 5) is 29.6. The minimum absolute atomic E-state index is 0.153. The first-order chi connectivity index (χ1) is 22.5. The van der Waals surface area contributed by atoms with Gasteiger partial charge in [0.05, 0.1) is 22.4 Å². The topological polar surface area (TPSA) is 74.3 Å². The molecule has 2 amide bonds. The van der Waals surface area contributed by atoms with Gasteiger partial charge in [0.1, 0.15) is 0 Å². The molecule has 246 valence electrons. The molecule has 8 rings (SSSR count). The van der Waals surface area contributed by atoms with Crippen LogP contribution in [-0.2, 0) is 18.6 Å². The third kappa shape index (κ3) is 4.17. The van der Waals surface area contributed by atoms with Crippen molar-refractivity contribution < 1.29 is 28.2 Å². The second-order valence-electron chi connectivity index (χ2n) is 15.9. The second-order valence-corrected chi connectivity index (χ2v) is 15.9. The molecule has 0 saturated carbocycles. The summed E-state index contributed by atoms with van der Waals surface area (Å²) in [5.74, 6) is -0.449. The van der Waals surface area contributed by atoms with E-state index >= 15 is 0 Å². The van der Waals surface area contributed by atoms with Crippen LogP contribution in [0.2, 0.25) is 0 Å². The van der Waals surface area contributed by atoms with Gasteiger partial charge in [0.2, 0.25) is 0 Å². The van der Waals surface area contributed by atoms with Gasteiger partial charge in [0.15, 0.2) is 0 Å². The number of carbonyl (C=O) groups is 2. The van der Waals surface area contributed by atoms with E-state index in [1.165, 1.54) is 4.90 Å². The van der Waals surface area contributed by atoms with Crippen LogP contribution < -0.4 is 10.9 Å². The van der Waals surface area contributed by atoms with Gasteiger partial charge in [-0.1, -0.05) is 50.2 Å². The van der Waals surface area contributed by atoms with Crippen LogP contribution in [0.3, 0.4) is 0 Å². The van der Waals surface area contributed by atoms with Crippen molar-refractivity contribution in [2.75, 3.05) is 0 Å². The molecule has 0 aliphatic carbocycles. The highest BCUT2D eigenvalue weighted by Gasteiger charge is 2.53. The first-order valence-corrected chi connectivity index (χ1v) is 17.3. The Morgan fingerprint density at radius 1 is 0.562 bits per heavy atom. The number of rotatable bonds is 5. The van der Waals surface area contributed by atoms with E-state index < -0.39 is 36.6 Å². The number of nitrogens with zero attached hydrogens (tertiary/aromatic N) is 1. The number of imide groups is 1. The molecule has 9 heteroatoms. The van der Waals surface area contributed by atoms with Crippen molar-refractivity contribution in [1.82, 2.24) is 4.90 Å². The molecule has 3 aliphatic heterocycles. The number of benzene rings is 5. The van der Waals surface area contributed by atoms with Crippen molar-refractivity contribution in [2.24, 2.45) is 0 Å². The quantitative estimate of drug-likeness (QED) is 0.0880. The van der Waals surface area contributed by atoms with Gasteiger partial charge in [0, 0.05) is 22.6 Å². The molecular weight excluding hydrogens is 600 g/mol. The fourth-order valence-corrected chi connectivity index (χ4v) is 7.86. The molecule has 0 radical (unpaired) electrons. The van der Waals surface area contributed by atoms with Crippen molar-refractivity contribution in [3.8, 4) is 0 Å². The minimum Gasteiger partial charge on any atom is -0.399 e. The summed E-state index contributed by atoms with van der Waals surface area (Å²) in [5.41, 5.74) is 0.932. The Bertz CT molecular complexity index is 2030. The van der Waals surface area contributed by atoms with Crippen LogP contribution in [0, 0.1) is 0 Å². The number of hydrogen-bond acceptors (Lipinski definition) is 6. The van der Waals surface area contributed by atoms with Crippen LogP contribution in [0.1, 0.15) is 103 Å². The SMILES string of the molecule is CCC(CC)N1C(=O)c2ccc3c4cc(B5OC(C)(C)C(C)(C)O5)cc5cc(B6OC(C)(C)C(C)(C)O6)cc(c6ccc(c2c36)C1=O)c54. The molecular formula is C39H43B2NO6. The van der Waals surface area contributed by atoms with Crippen LogP contribution in [0.4, 0.5) is 0 Å². The molecule has 0 atom stereocenters. The Hall–Kier alpha value is -3.49. The number of carbonyl (C=O) groups excluding carboxylic acids is 2. The standard InChI is InChI=1S/C39H43B2NO6/c1-11-24(12-2)42-34(43)27-15-13-25-29-19-22(40-45-36(3,4)37(5,6)46-40)17-21-18-23(41-47-38(7,8)39(9,10)48-41)20-30(31(21)29)26-14-16-28(35(42)44)33(27)32(25)26/h13-20,24H,11-12H2,1-10H3. The zero-order valence-corrected chi connectivity index (χ0v) is 29.7. The van der Waals surface area contributed by atoms with Crippen molar-refractivity contribution in [2.45, 2.75) is 111 Å². The summed E-state index contributed by atoms with van der Waals surface area (Å²) in [6, 6.07) is 16.4. The molecule has 5 aromatic carbocycles. The van der Waals surface area contributed by atoms with Crippen molar-refractivity contribution >= 4 is 80.1 Å². The van der Waals surface area contributed by atoms with E-state index in [0.29, 0.717) is 24.0 Å². The Kier molecular flexibility index (Phi) is 6.64. The predicted molar refractivity (Wildman–Crippen MR) is 194 cm³/mol. The van der Waals surface area contributed by atoms with E-state index in [1.54, 1.807) is 0 Å². The van der Waals surface area contributed by atoms with Gasteiger partial charge in [-0.2, -0.15) is 0 Å². The van der Waals surface area contributed by atoms with E-state index in [-0.39, 0.29) is 17.9 Å². The molecule has 2 fully saturated rings. The van der Waals surface area contributed by atoms with Gasteiger partial charge < -0.3 is 18.6 Å². The number of fused-ring (bicyclic) bond motifs is 2. The molecule has 2 saturated heterocycles. The first kappa shape index (κ1) is 31.8. The smallest absolute Gasteiger partial charge is 0.399 e.